The molecule has 0 fully saturated rings. The molecule has 0 N–H and O–H groups in total. The number of hydrogen-bond acceptors (Lipinski definition) is 5. The number of ether oxygens (including phenoxy) is 1. The van der Waals surface area contributed by atoms with Gasteiger partial charge in [-0.1, -0.05) is 17.7 Å². The fourth-order valence-electron chi connectivity index (χ4n) is 1.50. The number of aromatic nitrogens is 4. The van der Waals surface area contributed by atoms with E-state index in [1.807, 2.05) is 0 Å². The van der Waals surface area contributed by atoms with Crippen LogP contribution >= 0.6 is 11.6 Å². The Labute approximate surface area is 115 Å². The highest BCUT2D eigenvalue weighted by molar-refractivity contribution is 6.30. The van der Waals surface area contributed by atoms with Crippen LogP contribution in [-0.2, 0) is 18.3 Å². The smallest absolute Gasteiger partial charge is 0.182 e. The average molecular weight is 281 g/mol. The number of carbonyl (C=O) groups excluding carboxylic acids is 1. The Bertz CT molecular complexity index is 585. The number of Topliss-reactive ketones (excluding diaryl/α,β-unsaturated/α-hetero) is 1. The fraction of sp³-hybridized carbons (Fsp3) is 0.333. The van der Waals surface area contributed by atoms with Gasteiger partial charge in [-0.3, -0.25) is 4.79 Å². The highest BCUT2D eigenvalue weighted by Crippen LogP contribution is 2.18. The monoisotopic (exact) mass is 280 g/mol. The summed E-state index contributed by atoms with van der Waals surface area (Å²) < 4.78 is 5.52. The minimum Gasteiger partial charge on any atom is -0.483 e. The van der Waals surface area contributed by atoms with Crippen molar-refractivity contribution in [1.82, 2.24) is 20.2 Å². The van der Waals surface area contributed by atoms with Crippen LogP contribution in [0.25, 0.3) is 0 Å². The number of tetrazole rings is 1. The van der Waals surface area contributed by atoms with Crippen LogP contribution in [0.3, 0.4) is 0 Å². The zero-order chi connectivity index (χ0) is 13.8. The number of hydrogen-bond donors (Lipinski definition) is 0. The van der Waals surface area contributed by atoms with E-state index < -0.39 is 6.10 Å². The van der Waals surface area contributed by atoms with E-state index in [1.165, 1.54) is 4.80 Å². The normalized spacial score (nSPS) is 12.2. The summed E-state index contributed by atoms with van der Waals surface area (Å²) in [6.07, 6.45) is -0.502. The molecule has 2 rings (SSSR count). The average Bonchev–Trinajstić information content (AvgIpc) is 2.74. The second-order valence-corrected chi connectivity index (χ2v) is 4.49. The molecule has 0 aliphatic carbocycles. The predicted octanol–water partition coefficient (Wildman–Crippen LogP) is 1.44. The van der Waals surface area contributed by atoms with E-state index in [9.17, 15) is 4.79 Å². The van der Waals surface area contributed by atoms with E-state index in [0.717, 1.165) is 0 Å². The third-order valence-electron chi connectivity index (χ3n) is 2.44. The van der Waals surface area contributed by atoms with Gasteiger partial charge in [0.25, 0.3) is 0 Å². The molecule has 2 aromatic rings. The van der Waals surface area contributed by atoms with Crippen molar-refractivity contribution in [3.63, 3.8) is 0 Å². The van der Waals surface area contributed by atoms with Gasteiger partial charge in [0.15, 0.2) is 17.7 Å². The maximum Gasteiger partial charge on any atom is 0.182 e. The Hall–Kier alpha value is -1.95. The molecule has 0 aliphatic rings. The Kier molecular flexibility index (Phi) is 4.11. The largest absolute Gasteiger partial charge is 0.483 e. The Balaban J connectivity index is 1.96. The first-order valence-electron chi connectivity index (χ1n) is 5.72. The second-order valence-electron chi connectivity index (χ2n) is 4.06. The molecule has 100 valence electrons. The molecule has 0 radical (unpaired) electrons. The second kappa shape index (κ2) is 5.79. The zero-order valence-electron chi connectivity index (χ0n) is 10.6. The molecule has 0 aliphatic heterocycles. The molecule has 0 saturated heterocycles. The number of ketones is 1. The molecule has 0 bridgehead atoms. The van der Waals surface area contributed by atoms with Gasteiger partial charge in [0, 0.05) is 5.02 Å². The Morgan fingerprint density at radius 1 is 1.53 bits per heavy atom. The SMILES string of the molecule is CC(Oc1cccc(Cl)c1)C(=O)Cc1nnn(C)n1. The van der Waals surface area contributed by atoms with Crippen LogP contribution in [0.4, 0.5) is 0 Å². The maximum atomic E-state index is 11.9. The van der Waals surface area contributed by atoms with Crippen molar-refractivity contribution in [3.8, 4) is 5.75 Å². The molecule has 19 heavy (non-hydrogen) atoms. The van der Waals surface area contributed by atoms with E-state index in [-0.39, 0.29) is 12.2 Å². The van der Waals surface area contributed by atoms with Gasteiger partial charge in [-0.15, -0.1) is 10.2 Å². The summed E-state index contributed by atoms with van der Waals surface area (Å²) in [5.41, 5.74) is 0. The first kappa shape index (κ1) is 13.5. The van der Waals surface area contributed by atoms with E-state index in [2.05, 4.69) is 15.4 Å². The molecular weight excluding hydrogens is 268 g/mol. The van der Waals surface area contributed by atoms with Crippen molar-refractivity contribution in [2.45, 2.75) is 19.4 Å². The van der Waals surface area contributed by atoms with Gasteiger partial charge in [-0.2, -0.15) is 4.80 Å². The molecule has 1 atom stereocenters. The first-order valence-corrected chi connectivity index (χ1v) is 6.10. The lowest BCUT2D eigenvalue weighted by Crippen LogP contribution is -2.26. The van der Waals surface area contributed by atoms with Gasteiger partial charge in [0.05, 0.1) is 13.5 Å². The fourth-order valence-corrected chi connectivity index (χ4v) is 1.68. The summed E-state index contributed by atoms with van der Waals surface area (Å²) in [7, 11) is 1.65. The summed E-state index contributed by atoms with van der Waals surface area (Å²) in [5, 5.41) is 11.9. The number of rotatable bonds is 5. The predicted molar refractivity (Wildman–Crippen MR) is 69.1 cm³/mol. The number of aryl methyl sites for hydroxylation is 1. The van der Waals surface area contributed by atoms with Gasteiger partial charge in [-0.05, 0) is 30.3 Å². The summed E-state index contributed by atoms with van der Waals surface area (Å²) in [6, 6.07) is 6.91. The van der Waals surface area contributed by atoms with Crippen LogP contribution in [0.5, 0.6) is 5.75 Å². The minimum absolute atomic E-state index is 0.0928. The Morgan fingerprint density at radius 2 is 2.32 bits per heavy atom. The van der Waals surface area contributed by atoms with Crippen molar-refractivity contribution < 1.29 is 9.53 Å². The van der Waals surface area contributed by atoms with Gasteiger partial charge in [0.1, 0.15) is 5.75 Å². The van der Waals surface area contributed by atoms with Crippen molar-refractivity contribution in [2.24, 2.45) is 7.05 Å². The van der Waals surface area contributed by atoms with E-state index >= 15 is 0 Å². The highest BCUT2D eigenvalue weighted by Gasteiger charge is 2.17. The molecule has 1 aromatic carbocycles. The molecular formula is C12H13ClN4O2. The van der Waals surface area contributed by atoms with Crippen molar-refractivity contribution in [3.05, 3.63) is 35.1 Å². The van der Waals surface area contributed by atoms with Crippen LogP contribution in [-0.4, -0.2) is 32.1 Å². The lowest BCUT2D eigenvalue weighted by atomic mass is 10.2. The van der Waals surface area contributed by atoms with Gasteiger partial charge < -0.3 is 4.74 Å². The van der Waals surface area contributed by atoms with Gasteiger partial charge in [-0.25, -0.2) is 0 Å². The lowest BCUT2D eigenvalue weighted by Gasteiger charge is -2.12. The van der Waals surface area contributed by atoms with Crippen molar-refractivity contribution >= 4 is 17.4 Å². The van der Waals surface area contributed by atoms with E-state index in [0.29, 0.717) is 16.6 Å². The number of benzene rings is 1. The van der Waals surface area contributed by atoms with E-state index in [4.69, 9.17) is 16.3 Å². The van der Waals surface area contributed by atoms with Crippen LogP contribution < -0.4 is 4.74 Å². The van der Waals surface area contributed by atoms with Crippen molar-refractivity contribution in [1.29, 1.82) is 0 Å². The first-order chi connectivity index (χ1) is 9.04. The molecule has 7 heteroatoms. The van der Waals surface area contributed by atoms with Crippen LogP contribution in [0.2, 0.25) is 5.02 Å². The summed E-state index contributed by atoms with van der Waals surface area (Å²) in [5.74, 6) is 0.822. The number of nitrogens with zero attached hydrogens (tertiary/aromatic N) is 4. The highest BCUT2D eigenvalue weighted by atomic mass is 35.5. The topological polar surface area (TPSA) is 69.9 Å². The third-order valence-corrected chi connectivity index (χ3v) is 2.68. The molecule has 0 spiro atoms. The van der Waals surface area contributed by atoms with Crippen LogP contribution in [0, 0.1) is 0 Å². The van der Waals surface area contributed by atoms with Crippen molar-refractivity contribution in [2.75, 3.05) is 0 Å². The van der Waals surface area contributed by atoms with Crippen LogP contribution in [0.1, 0.15) is 12.7 Å². The van der Waals surface area contributed by atoms with E-state index in [1.54, 1.807) is 38.2 Å². The minimum atomic E-state index is -0.595. The third kappa shape index (κ3) is 3.75. The Morgan fingerprint density at radius 3 is 2.95 bits per heavy atom. The maximum absolute atomic E-state index is 11.9. The molecule has 0 saturated carbocycles. The summed E-state index contributed by atoms with van der Waals surface area (Å²) in [6.45, 7) is 1.68. The lowest BCUT2D eigenvalue weighted by molar-refractivity contribution is -0.124. The number of carbonyl (C=O) groups is 1. The van der Waals surface area contributed by atoms with Crippen LogP contribution in [0.15, 0.2) is 24.3 Å². The molecule has 1 heterocycles. The molecule has 6 nitrogen and oxygen atoms in total. The molecule has 0 amide bonds. The summed E-state index contributed by atoms with van der Waals surface area (Å²) in [4.78, 5) is 13.2. The van der Waals surface area contributed by atoms with Gasteiger partial charge >= 0.3 is 0 Å². The quantitative estimate of drug-likeness (QED) is 0.829. The molecule has 1 unspecified atom stereocenters. The number of halogens is 1. The zero-order valence-corrected chi connectivity index (χ0v) is 11.3. The summed E-state index contributed by atoms with van der Waals surface area (Å²) >= 11 is 5.84. The standard InChI is InChI=1S/C12H13ClN4O2/c1-8(19-10-5-3-4-9(13)6-10)11(18)7-12-14-16-17(2)15-12/h3-6,8H,7H2,1-2H3. The van der Waals surface area contributed by atoms with Gasteiger partial charge in [0.2, 0.25) is 0 Å². The molecule has 1 aromatic heterocycles.